The lowest BCUT2D eigenvalue weighted by Gasteiger charge is -2.25. The van der Waals surface area contributed by atoms with Crippen molar-refractivity contribution in [2.45, 2.75) is 32.3 Å². The molecule has 3 aromatic rings. The number of hydrogen-bond donors (Lipinski definition) is 1. The van der Waals surface area contributed by atoms with E-state index in [1.165, 1.54) is 12.1 Å². The number of aliphatic hydroxyl groups excluding tert-OH is 1. The molecular weight excluding hydrogens is 413 g/mol. The second-order valence-corrected chi connectivity index (χ2v) is 7.99. The average molecular weight is 436 g/mol. The van der Waals surface area contributed by atoms with Gasteiger partial charge >= 0.3 is 6.18 Å². The quantitative estimate of drug-likeness (QED) is 0.518. The van der Waals surface area contributed by atoms with E-state index in [9.17, 15) is 18.3 Å². The molecular formula is C22H23F3N2O2S. The van der Waals surface area contributed by atoms with E-state index in [1.807, 2.05) is 30.5 Å². The number of halogens is 3. The minimum atomic E-state index is -4.38. The van der Waals surface area contributed by atoms with Crippen molar-refractivity contribution in [3.8, 4) is 5.75 Å². The Hall–Kier alpha value is -2.42. The number of aryl methyl sites for hydroxylation is 1. The standard InChI is InChI=1S/C22H23F3N2O2S/c1-16-4-2-3-5-17(16)12-27(14-21-26-10-11-30-21)13-19(28)15-29-20-8-6-18(7-9-20)22(23,24)25/h2-11,19,28H,12-15H2,1H3. The Bertz CT molecular complexity index is 915. The van der Waals surface area contributed by atoms with Crippen LogP contribution in [0.1, 0.15) is 21.7 Å². The summed E-state index contributed by atoms with van der Waals surface area (Å²) in [6, 6.07) is 12.5. The van der Waals surface area contributed by atoms with Gasteiger partial charge in [0.25, 0.3) is 0 Å². The van der Waals surface area contributed by atoms with E-state index in [0.717, 1.165) is 28.3 Å². The van der Waals surface area contributed by atoms with Crippen molar-refractivity contribution >= 4 is 11.3 Å². The van der Waals surface area contributed by atoms with Gasteiger partial charge in [0.2, 0.25) is 0 Å². The van der Waals surface area contributed by atoms with Gasteiger partial charge < -0.3 is 9.84 Å². The lowest BCUT2D eigenvalue weighted by molar-refractivity contribution is -0.137. The normalized spacial score (nSPS) is 12.9. The highest BCUT2D eigenvalue weighted by Crippen LogP contribution is 2.30. The number of thiazole rings is 1. The topological polar surface area (TPSA) is 45.6 Å². The lowest BCUT2D eigenvalue weighted by Crippen LogP contribution is -2.35. The first-order valence-corrected chi connectivity index (χ1v) is 10.3. The molecule has 1 atom stereocenters. The van der Waals surface area contributed by atoms with Gasteiger partial charge in [0, 0.05) is 24.7 Å². The Morgan fingerprint density at radius 2 is 1.83 bits per heavy atom. The van der Waals surface area contributed by atoms with Crippen LogP contribution in [0.25, 0.3) is 0 Å². The molecule has 0 spiro atoms. The van der Waals surface area contributed by atoms with Crippen molar-refractivity contribution in [1.82, 2.24) is 9.88 Å². The molecule has 0 radical (unpaired) electrons. The van der Waals surface area contributed by atoms with Gasteiger partial charge in [-0.2, -0.15) is 13.2 Å². The molecule has 8 heteroatoms. The minimum Gasteiger partial charge on any atom is -0.491 e. The molecule has 0 saturated carbocycles. The predicted molar refractivity (Wildman–Crippen MR) is 110 cm³/mol. The molecule has 1 heterocycles. The molecule has 0 amide bonds. The second kappa shape index (κ2) is 10.1. The number of benzene rings is 2. The van der Waals surface area contributed by atoms with E-state index in [1.54, 1.807) is 17.5 Å². The number of nitrogens with zero attached hydrogens (tertiary/aromatic N) is 2. The van der Waals surface area contributed by atoms with E-state index in [4.69, 9.17) is 4.74 Å². The number of alkyl halides is 3. The van der Waals surface area contributed by atoms with Gasteiger partial charge in [0.15, 0.2) is 0 Å². The van der Waals surface area contributed by atoms with E-state index in [0.29, 0.717) is 19.6 Å². The summed E-state index contributed by atoms with van der Waals surface area (Å²) in [6.07, 6.45) is -3.45. The van der Waals surface area contributed by atoms with Crippen molar-refractivity contribution in [3.05, 3.63) is 81.8 Å². The summed E-state index contributed by atoms with van der Waals surface area (Å²) in [6.45, 7) is 3.59. The van der Waals surface area contributed by atoms with Crippen LogP contribution in [0.4, 0.5) is 13.2 Å². The number of aliphatic hydroxyl groups is 1. The third-order valence-electron chi connectivity index (χ3n) is 4.59. The van der Waals surface area contributed by atoms with E-state index < -0.39 is 17.8 Å². The Labute approximate surface area is 177 Å². The molecule has 2 aromatic carbocycles. The molecule has 30 heavy (non-hydrogen) atoms. The monoisotopic (exact) mass is 436 g/mol. The maximum absolute atomic E-state index is 12.6. The van der Waals surface area contributed by atoms with Crippen molar-refractivity contribution in [2.75, 3.05) is 13.2 Å². The summed E-state index contributed by atoms with van der Waals surface area (Å²) >= 11 is 1.55. The summed E-state index contributed by atoms with van der Waals surface area (Å²) < 4.78 is 43.4. The third kappa shape index (κ3) is 6.55. The molecule has 1 aromatic heterocycles. The minimum absolute atomic E-state index is 0.0203. The van der Waals surface area contributed by atoms with Gasteiger partial charge in [0.05, 0.1) is 12.1 Å². The fraction of sp³-hybridized carbons (Fsp3) is 0.318. The highest BCUT2D eigenvalue weighted by Gasteiger charge is 2.30. The van der Waals surface area contributed by atoms with Crippen LogP contribution in [0.3, 0.4) is 0 Å². The Balaban J connectivity index is 1.59. The second-order valence-electron chi connectivity index (χ2n) is 7.01. The van der Waals surface area contributed by atoms with Gasteiger partial charge in [-0.1, -0.05) is 24.3 Å². The maximum Gasteiger partial charge on any atom is 0.416 e. The lowest BCUT2D eigenvalue weighted by atomic mass is 10.1. The van der Waals surface area contributed by atoms with Gasteiger partial charge in [-0.3, -0.25) is 4.90 Å². The molecule has 1 N–H and O–H groups in total. The maximum atomic E-state index is 12.6. The van der Waals surface area contributed by atoms with Gasteiger partial charge in [-0.05, 0) is 42.3 Å². The molecule has 4 nitrogen and oxygen atoms in total. The van der Waals surface area contributed by atoms with Crippen molar-refractivity contribution in [3.63, 3.8) is 0 Å². The first-order chi connectivity index (χ1) is 14.3. The summed E-state index contributed by atoms with van der Waals surface area (Å²) in [5.41, 5.74) is 1.59. The van der Waals surface area contributed by atoms with Crippen molar-refractivity contribution in [1.29, 1.82) is 0 Å². The SMILES string of the molecule is Cc1ccccc1CN(Cc1nccs1)CC(O)COc1ccc(C(F)(F)F)cc1. The van der Waals surface area contributed by atoms with Gasteiger partial charge in [0.1, 0.15) is 23.5 Å². The number of rotatable bonds is 9. The van der Waals surface area contributed by atoms with Crippen LogP contribution >= 0.6 is 11.3 Å². The van der Waals surface area contributed by atoms with Gasteiger partial charge in [-0.25, -0.2) is 4.98 Å². The van der Waals surface area contributed by atoms with Crippen LogP contribution in [-0.2, 0) is 19.3 Å². The van der Waals surface area contributed by atoms with E-state index in [2.05, 4.69) is 16.0 Å². The van der Waals surface area contributed by atoms with Gasteiger partial charge in [-0.15, -0.1) is 11.3 Å². The van der Waals surface area contributed by atoms with E-state index >= 15 is 0 Å². The molecule has 0 aliphatic carbocycles. The van der Waals surface area contributed by atoms with Crippen molar-refractivity contribution in [2.24, 2.45) is 0 Å². The van der Waals surface area contributed by atoms with Crippen LogP contribution < -0.4 is 4.74 Å². The molecule has 160 valence electrons. The molecule has 0 saturated heterocycles. The summed E-state index contributed by atoms with van der Waals surface area (Å²) in [5, 5.41) is 13.3. The Morgan fingerprint density at radius 3 is 2.47 bits per heavy atom. The Kier molecular flexibility index (Phi) is 7.47. The summed E-state index contributed by atoms with van der Waals surface area (Å²) in [7, 11) is 0. The molecule has 0 aliphatic heterocycles. The molecule has 0 aliphatic rings. The molecule has 1 unspecified atom stereocenters. The number of ether oxygens (including phenoxy) is 1. The van der Waals surface area contributed by atoms with Crippen LogP contribution in [0, 0.1) is 6.92 Å². The zero-order valence-corrected chi connectivity index (χ0v) is 17.3. The molecule has 0 fully saturated rings. The van der Waals surface area contributed by atoms with Crippen LogP contribution in [0.15, 0.2) is 60.1 Å². The fourth-order valence-electron chi connectivity index (χ4n) is 3.02. The average Bonchev–Trinajstić information content (AvgIpc) is 3.21. The summed E-state index contributed by atoms with van der Waals surface area (Å²) in [5.74, 6) is 0.285. The first kappa shape index (κ1) is 22.3. The third-order valence-corrected chi connectivity index (χ3v) is 5.35. The zero-order valence-electron chi connectivity index (χ0n) is 16.5. The van der Waals surface area contributed by atoms with Crippen LogP contribution in [-0.4, -0.2) is 34.2 Å². The number of hydrogen-bond acceptors (Lipinski definition) is 5. The predicted octanol–water partition coefficient (Wildman–Crippen LogP) is 4.91. The largest absolute Gasteiger partial charge is 0.491 e. The zero-order chi connectivity index (χ0) is 21.6. The fourth-order valence-corrected chi connectivity index (χ4v) is 3.68. The summed E-state index contributed by atoms with van der Waals surface area (Å²) in [4.78, 5) is 6.41. The Morgan fingerprint density at radius 1 is 1.10 bits per heavy atom. The highest BCUT2D eigenvalue weighted by molar-refractivity contribution is 7.09. The molecule has 3 rings (SSSR count). The number of aromatic nitrogens is 1. The van der Waals surface area contributed by atoms with Crippen molar-refractivity contribution < 1.29 is 23.0 Å². The van der Waals surface area contributed by atoms with Crippen LogP contribution in [0.5, 0.6) is 5.75 Å². The highest BCUT2D eigenvalue weighted by atomic mass is 32.1. The van der Waals surface area contributed by atoms with E-state index in [-0.39, 0.29) is 12.4 Å². The smallest absolute Gasteiger partial charge is 0.416 e. The molecule has 0 bridgehead atoms. The van der Waals surface area contributed by atoms with Crippen LogP contribution in [0.2, 0.25) is 0 Å². The first-order valence-electron chi connectivity index (χ1n) is 9.44.